The molecule has 0 radical (unpaired) electrons. The van der Waals surface area contributed by atoms with Crippen LogP contribution in [-0.4, -0.2) is 19.8 Å². The van der Waals surface area contributed by atoms with Gasteiger partial charge in [-0.3, -0.25) is 0 Å². The van der Waals surface area contributed by atoms with Crippen LogP contribution in [0.25, 0.3) is 0 Å². The predicted octanol–water partition coefficient (Wildman–Crippen LogP) is 0.530. The Morgan fingerprint density at radius 2 is 2.06 bits per heavy atom. The van der Waals surface area contributed by atoms with Crippen molar-refractivity contribution in [2.75, 3.05) is 13.5 Å². The van der Waals surface area contributed by atoms with Crippen LogP contribution in [0, 0.1) is 0 Å². The van der Waals surface area contributed by atoms with Crippen LogP contribution in [-0.2, 0) is 0 Å². The van der Waals surface area contributed by atoms with Gasteiger partial charge in [-0.05, 0) is 0 Å². The summed E-state index contributed by atoms with van der Waals surface area (Å²) in [4.78, 5) is 10.8. The summed E-state index contributed by atoms with van der Waals surface area (Å²) in [5.41, 5.74) is 0.654. The Morgan fingerprint density at radius 1 is 1.24 bits per heavy atom. The van der Waals surface area contributed by atoms with Crippen molar-refractivity contribution in [1.82, 2.24) is 0 Å². The molecule has 0 saturated carbocycles. The molecular weight excluding hydrogens is 442 g/mol. The summed E-state index contributed by atoms with van der Waals surface area (Å²) in [6.07, 6.45) is 4.86. The Morgan fingerprint density at radius 3 is 2.82 bits per heavy atom. The quantitative estimate of drug-likeness (QED) is 0.233. The molecule has 0 bridgehead atoms. The Labute approximate surface area is 127 Å². The molecule has 1 aromatic rings. The van der Waals surface area contributed by atoms with Crippen LogP contribution in [0.4, 0.5) is 0 Å². The van der Waals surface area contributed by atoms with Gasteiger partial charge in [0, 0.05) is 0 Å². The normalized spacial score (nSPS) is 10.4. The zero-order chi connectivity index (χ0) is 12.3. The molecule has 96 valence electrons. The van der Waals surface area contributed by atoms with Gasteiger partial charge in [0.15, 0.2) is 0 Å². The Bertz CT molecular complexity index is 329. The first-order valence-corrected chi connectivity index (χ1v) is 10.2. The number of hydrogen-bond donors (Lipinski definition) is 0. The van der Waals surface area contributed by atoms with Gasteiger partial charge in [-0.25, -0.2) is 0 Å². The van der Waals surface area contributed by atoms with E-state index in [1.165, 1.54) is 28.1 Å². The molecule has 0 aliphatic rings. The Balaban J connectivity index is 2.15. The average Bonchev–Trinajstić information content (AvgIpc) is 2.38. The molecule has 0 spiro atoms. The van der Waals surface area contributed by atoms with E-state index in [0.717, 1.165) is 16.6 Å². The molecule has 0 amide bonds. The van der Waals surface area contributed by atoms with Crippen molar-refractivity contribution in [3.05, 3.63) is 29.8 Å². The molecule has 1 rings (SSSR count). The SMILES string of the molecule is O=Cc1ccccc1OC[I-]CCCCCI. The number of para-hydroxylation sites is 1. The van der Waals surface area contributed by atoms with E-state index in [2.05, 4.69) is 22.6 Å². The van der Waals surface area contributed by atoms with Crippen LogP contribution < -0.4 is 25.9 Å². The van der Waals surface area contributed by atoms with E-state index in [1.807, 2.05) is 18.2 Å². The van der Waals surface area contributed by atoms with Gasteiger partial charge < -0.3 is 0 Å². The number of hydrogen-bond acceptors (Lipinski definition) is 2. The van der Waals surface area contributed by atoms with E-state index < -0.39 is 0 Å². The van der Waals surface area contributed by atoms with Gasteiger partial charge >= 0.3 is 128 Å². The zero-order valence-electron chi connectivity index (χ0n) is 9.70. The first kappa shape index (κ1) is 15.2. The van der Waals surface area contributed by atoms with Crippen molar-refractivity contribution in [3.63, 3.8) is 0 Å². The van der Waals surface area contributed by atoms with Gasteiger partial charge in [-0.1, -0.05) is 0 Å². The fraction of sp³-hybridized carbons (Fsp3) is 0.462. The van der Waals surface area contributed by atoms with Crippen molar-refractivity contribution in [1.29, 1.82) is 0 Å². The minimum absolute atomic E-state index is 0.123. The number of aldehydes is 1. The van der Waals surface area contributed by atoms with Gasteiger partial charge in [-0.2, -0.15) is 0 Å². The summed E-state index contributed by atoms with van der Waals surface area (Å²) in [5.74, 6) is 0.731. The summed E-state index contributed by atoms with van der Waals surface area (Å²) in [6.45, 7) is 0. The van der Waals surface area contributed by atoms with E-state index in [1.54, 1.807) is 6.07 Å². The van der Waals surface area contributed by atoms with Crippen LogP contribution in [0.3, 0.4) is 0 Å². The number of halogens is 2. The van der Waals surface area contributed by atoms with Gasteiger partial charge in [0.25, 0.3) is 0 Å². The number of rotatable bonds is 9. The maximum atomic E-state index is 10.8. The average molecular weight is 459 g/mol. The van der Waals surface area contributed by atoms with Crippen molar-refractivity contribution in [2.24, 2.45) is 0 Å². The van der Waals surface area contributed by atoms with Crippen LogP contribution in [0.2, 0.25) is 0 Å². The van der Waals surface area contributed by atoms with E-state index >= 15 is 0 Å². The first-order chi connectivity index (χ1) is 8.38. The van der Waals surface area contributed by atoms with Crippen LogP contribution in [0.5, 0.6) is 5.75 Å². The summed E-state index contributed by atoms with van der Waals surface area (Å²) in [7, 11) is 0. The predicted molar refractivity (Wildman–Crippen MR) is 74.9 cm³/mol. The summed E-state index contributed by atoms with van der Waals surface area (Å²) >= 11 is 2.55. The Hall–Kier alpha value is 0.150. The molecular formula is C13H17I2O2-. The van der Waals surface area contributed by atoms with Gasteiger partial charge in [0.2, 0.25) is 0 Å². The van der Waals surface area contributed by atoms with Crippen LogP contribution in [0.15, 0.2) is 24.3 Å². The van der Waals surface area contributed by atoms with Gasteiger partial charge in [-0.15, -0.1) is 0 Å². The molecule has 0 saturated heterocycles. The van der Waals surface area contributed by atoms with Crippen molar-refractivity contribution in [3.8, 4) is 5.75 Å². The summed E-state index contributed by atoms with van der Waals surface area (Å²) in [5, 5.41) is 0. The van der Waals surface area contributed by atoms with Crippen molar-refractivity contribution in [2.45, 2.75) is 19.3 Å². The molecule has 0 aromatic heterocycles. The third-order valence-electron chi connectivity index (χ3n) is 2.23. The maximum absolute atomic E-state index is 10.8. The number of carbonyl (C=O) groups is 1. The third kappa shape index (κ3) is 6.59. The molecule has 0 N–H and O–H groups in total. The van der Waals surface area contributed by atoms with E-state index in [0.29, 0.717) is 5.56 Å². The molecule has 17 heavy (non-hydrogen) atoms. The molecule has 2 nitrogen and oxygen atoms in total. The standard InChI is InChI=1S/C13H17I2O2/c14-8-4-1-5-9-15-11-17-13-7-3-2-6-12(13)10-16/h2-3,6-7,10H,1,4-5,8-9,11H2/q-1. The molecule has 0 aliphatic heterocycles. The Kier molecular flexibility index (Phi) is 9.04. The second-order valence-electron chi connectivity index (χ2n) is 3.54. The molecule has 0 atom stereocenters. The molecule has 0 unspecified atom stereocenters. The fourth-order valence-corrected chi connectivity index (χ4v) is 3.81. The van der Waals surface area contributed by atoms with Crippen LogP contribution in [0.1, 0.15) is 29.6 Å². The van der Waals surface area contributed by atoms with E-state index in [4.69, 9.17) is 4.74 Å². The number of carbonyl (C=O) groups excluding carboxylic acids is 1. The third-order valence-corrected chi connectivity index (χ3v) is 5.27. The number of unbranched alkanes of at least 4 members (excludes halogenated alkanes) is 2. The molecule has 0 aliphatic carbocycles. The van der Waals surface area contributed by atoms with Crippen LogP contribution >= 0.6 is 22.6 Å². The van der Waals surface area contributed by atoms with Crippen molar-refractivity contribution >= 4 is 28.9 Å². The van der Waals surface area contributed by atoms with Crippen molar-refractivity contribution < 1.29 is 30.7 Å². The monoisotopic (exact) mass is 459 g/mol. The zero-order valence-corrected chi connectivity index (χ0v) is 14.0. The van der Waals surface area contributed by atoms with E-state index in [-0.39, 0.29) is 21.2 Å². The molecule has 0 heterocycles. The summed E-state index contributed by atoms with van der Waals surface area (Å²) < 4.78 is 9.05. The number of ether oxygens (including phenoxy) is 1. The first-order valence-electron chi connectivity index (χ1n) is 5.65. The van der Waals surface area contributed by atoms with E-state index in [9.17, 15) is 4.79 Å². The molecule has 0 fully saturated rings. The summed E-state index contributed by atoms with van der Waals surface area (Å²) in [6, 6.07) is 7.42. The van der Waals surface area contributed by atoms with Gasteiger partial charge in [0.05, 0.1) is 0 Å². The molecule has 1 aromatic carbocycles. The number of benzene rings is 1. The second kappa shape index (κ2) is 10.1. The number of alkyl halides is 3. The second-order valence-corrected chi connectivity index (χ2v) is 7.40. The minimum atomic E-state index is 0.123. The van der Waals surface area contributed by atoms with Gasteiger partial charge in [0.1, 0.15) is 0 Å². The molecule has 4 heteroatoms. The topological polar surface area (TPSA) is 26.3 Å². The fourth-order valence-electron chi connectivity index (χ4n) is 1.32.